The number of furan rings is 1. The maximum absolute atomic E-state index is 11.6. The molecule has 0 radical (unpaired) electrons. The molecule has 0 saturated carbocycles. The molecule has 2 aromatic heterocycles. The molecule has 0 spiro atoms. The fraction of sp³-hybridized carbons (Fsp3) is 0.133. The van der Waals surface area contributed by atoms with Crippen molar-refractivity contribution < 1.29 is 23.4 Å². The number of nitrogens with two attached hydrogens (primary N) is 1. The van der Waals surface area contributed by atoms with E-state index >= 15 is 0 Å². The predicted octanol–water partition coefficient (Wildman–Crippen LogP) is 6.04. The van der Waals surface area contributed by atoms with Crippen molar-refractivity contribution in [3.8, 4) is 28.4 Å². The van der Waals surface area contributed by atoms with Crippen LogP contribution in [0.25, 0.3) is 22.1 Å². The molecule has 7 heteroatoms. The zero-order chi connectivity index (χ0) is 25.6. The van der Waals surface area contributed by atoms with Gasteiger partial charge in [-0.05, 0) is 59.2 Å². The highest BCUT2D eigenvalue weighted by Gasteiger charge is 2.19. The Morgan fingerprint density at radius 1 is 0.892 bits per heavy atom. The summed E-state index contributed by atoms with van der Waals surface area (Å²) in [6.45, 7) is 2.32. The zero-order valence-electron chi connectivity index (χ0n) is 20.3. The van der Waals surface area contributed by atoms with Gasteiger partial charge in [-0.25, -0.2) is 0 Å². The molecular formula is C30H26N2O5. The van der Waals surface area contributed by atoms with Gasteiger partial charge in [0.15, 0.2) is 11.5 Å². The molecule has 0 aliphatic heterocycles. The highest BCUT2D eigenvalue weighted by molar-refractivity contribution is 5.97. The topological polar surface area (TPSA) is 96.8 Å². The highest BCUT2D eigenvalue weighted by atomic mass is 16.6. The van der Waals surface area contributed by atoms with Crippen LogP contribution >= 0.6 is 0 Å². The molecule has 0 saturated heterocycles. The van der Waals surface area contributed by atoms with Gasteiger partial charge in [-0.2, -0.15) is 0 Å². The number of ether oxygens (including phenoxy) is 3. The molecule has 2 heterocycles. The van der Waals surface area contributed by atoms with E-state index in [4.69, 9.17) is 24.4 Å². The lowest BCUT2D eigenvalue weighted by Gasteiger charge is -2.17. The second-order valence-corrected chi connectivity index (χ2v) is 8.45. The molecule has 0 bridgehead atoms. The van der Waals surface area contributed by atoms with Gasteiger partial charge < -0.3 is 24.4 Å². The van der Waals surface area contributed by atoms with Gasteiger partial charge in [-0.3, -0.25) is 9.78 Å². The number of carbonyl (C=O) groups excluding carboxylic acids is 1. The number of carbonyl (C=O) groups is 1. The molecule has 0 aliphatic rings. The monoisotopic (exact) mass is 494 g/mol. The maximum Gasteiger partial charge on any atom is 0.308 e. The Labute approximate surface area is 214 Å². The van der Waals surface area contributed by atoms with Crippen LogP contribution in [-0.4, -0.2) is 11.0 Å². The quantitative estimate of drug-likeness (QED) is 0.197. The summed E-state index contributed by atoms with van der Waals surface area (Å²) in [5, 5.41) is 0.830. The van der Waals surface area contributed by atoms with E-state index in [1.165, 1.54) is 6.92 Å². The Bertz CT molecular complexity index is 1530. The van der Waals surface area contributed by atoms with Crippen molar-refractivity contribution in [1.29, 1.82) is 0 Å². The first kappa shape index (κ1) is 24.1. The molecule has 2 N–H and O–H groups in total. The summed E-state index contributed by atoms with van der Waals surface area (Å²) in [7, 11) is 0. The van der Waals surface area contributed by atoms with E-state index < -0.39 is 5.97 Å². The number of aromatic nitrogens is 1. The molecule has 0 aliphatic carbocycles. The van der Waals surface area contributed by atoms with Crippen molar-refractivity contribution in [2.75, 3.05) is 0 Å². The van der Waals surface area contributed by atoms with Gasteiger partial charge in [0, 0.05) is 37.0 Å². The zero-order valence-corrected chi connectivity index (χ0v) is 20.3. The third-order valence-electron chi connectivity index (χ3n) is 5.86. The van der Waals surface area contributed by atoms with Crippen LogP contribution in [-0.2, 0) is 24.6 Å². The molecule has 7 nitrogen and oxygen atoms in total. The molecule has 3 aromatic carbocycles. The second kappa shape index (κ2) is 11.0. The molecule has 5 aromatic rings. The Morgan fingerprint density at radius 3 is 2.49 bits per heavy atom. The number of pyridine rings is 1. The lowest BCUT2D eigenvalue weighted by molar-refractivity contribution is -0.132. The Balaban J connectivity index is 1.56. The van der Waals surface area contributed by atoms with Crippen molar-refractivity contribution in [3.05, 3.63) is 108 Å². The first-order valence-corrected chi connectivity index (χ1v) is 11.9. The summed E-state index contributed by atoms with van der Waals surface area (Å²) in [5.74, 6) is 1.05. The van der Waals surface area contributed by atoms with Crippen LogP contribution < -0.4 is 19.9 Å². The first-order chi connectivity index (χ1) is 18.1. The summed E-state index contributed by atoms with van der Waals surface area (Å²) in [6.07, 6.45) is 5.12. The standard InChI is InChI=1S/C30H26N2O5/c1-20(33)37-28-8-3-2-7-27(28)35-19-24-16-26(23-6-4-5-22(15-23)17-31)30-25(11-14-34-30)29(24)36-18-21-9-12-32-13-10-21/h2-16H,17-19,31H2,1H3. The second-order valence-electron chi connectivity index (χ2n) is 8.45. The molecule has 5 rings (SSSR count). The lowest BCUT2D eigenvalue weighted by atomic mass is 9.98. The number of hydrogen-bond donors (Lipinski definition) is 1. The number of benzene rings is 3. The maximum atomic E-state index is 11.6. The normalized spacial score (nSPS) is 10.9. The number of rotatable bonds is 9. The highest BCUT2D eigenvalue weighted by Crippen LogP contribution is 2.40. The number of nitrogens with zero attached hydrogens (tertiary/aromatic N) is 1. The lowest BCUT2D eigenvalue weighted by Crippen LogP contribution is -2.06. The molecule has 0 fully saturated rings. The van der Waals surface area contributed by atoms with Gasteiger partial charge in [-0.15, -0.1) is 0 Å². The van der Waals surface area contributed by atoms with E-state index in [0.717, 1.165) is 33.2 Å². The summed E-state index contributed by atoms with van der Waals surface area (Å²) < 4.78 is 23.7. The average Bonchev–Trinajstić information content (AvgIpc) is 3.41. The van der Waals surface area contributed by atoms with E-state index in [1.807, 2.05) is 48.5 Å². The fourth-order valence-electron chi connectivity index (χ4n) is 4.13. The summed E-state index contributed by atoms with van der Waals surface area (Å²) in [5.41, 5.74) is 11.3. The average molecular weight is 495 g/mol. The number of esters is 1. The Hall–Kier alpha value is -4.62. The van der Waals surface area contributed by atoms with Gasteiger partial charge in [-0.1, -0.05) is 30.3 Å². The minimum Gasteiger partial charge on any atom is -0.488 e. The van der Waals surface area contributed by atoms with Crippen LogP contribution in [0.2, 0.25) is 0 Å². The van der Waals surface area contributed by atoms with Crippen molar-refractivity contribution in [3.63, 3.8) is 0 Å². The van der Waals surface area contributed by atoms with E-state index in [0.29, 0.717) is 36.0 Å². The van der Waals surface area contributed by atoms with Gasteiger partial charge in [0.2, 0.25) is 0 Å². The van der Waals surface area contributed by atoms with Crippen LogP contribution in [0.1, 0.15) is 23.6 Å². The SMILES string of the molecule is CC(=O)Oc1ccccc1OCc1cc(-c2cccc(CN)c2)c2occc2c1OCc1ccncc1. The van der Waals surface area contributed by atoms with Gasteiger partial charge >= 0.3 is 5.97 Å². The van der Waals surface area contributed by atoms with E-state index in [9.17, 15) is 4.79 Å². The van der Waals surface area contributed by atoms with Crippen LogP contribution in [0, 0.1) is 0 Å². The fourth-order valence-corrected chi connectivity index (χ4v) is 4.13. The molecular weight excluding hydrogens is 468 g/mol. The van der Waals surface area contributed by atoms with E-state index in [-0.39, 0.29) is 6.61 Å². The Kier molecular flexibility index (Phi) is 7.14. The minimum absolute atomic E-state index is 0.175. The number of para-hydroxylation sites is 2. The van der Waals surface area contributed by atoms with Crippen LogP contribution in [0.4, 0.5) is 0 Å². The number of fused-ring (bicyclic) bond motifs is 1. The molecule has 0 amide bonds. The summed E-state index contributed by atoms with van der Waals surface area (Å²) >= 11 is 0. The molecule has 186 valence electrons. The van der Waals surface area contributed by atoms with Gasteiger partial charge in [0.25, 0.3) is 0 Å². The Morgan fingerprint density at radius 2 is 1.70 bits per heavy atom. The minimum atomic E-state index is -0.417. The largest absolute Gasteiger partial charge is 0.488 e. The smallest absolute Gasteiger partial charge is 0.308 e. The van der Waals surface area contributed by atoms with Crippen molar-refractivity contribution in [1.82, 2.24) is 4.98 Å². The number of hydrogen-bond acceptors (Lipinski definition) is 7. The van der Waals surface area contributed by atoms with Crippen LogP contribution in [0.15, 0.2) is 95.9 Å². The third kappa shape index (κ3) is 5.47. The van der Waals surface area contributed by atoms with Crippen LogP contribution in [0.5, 0.6) is 17.2 Å². The summed E-state index contributed by atoms with van der Waals surface area (Å²) in [6, 6.07) is 22.8. The van der Waals surface area contributed by atoms with Crippen molar-refractivity contribution in [2.45, 2.75) is 26.7 Å². The molecule has 37 heavy (non-hydrogen) atoms. The van der Waals surface area contributed by atoms with Crippen molar-refractivity contribution in [2.24, 2.45) is 5.73 Å². The van der Waals surface area contributed by atoms with E-state index in [2.05, 4.69) is 11.1 Å². The van der Waals surface area contributed by atoms with E-state index in [1.54, 1.807) is 36.9 Å². The summed E-state index contributed by atoms with van der Waals surface area (Å²) in [4.78, 5) is 15.6. The predicted molar refractivity (Wildman–Crippen MR) is 140 cm³/mol. The first-order valence-electron chi connectivity index (χ1n) is 11.9. The molecule has 0 atom stereocenters. The van der Waals surface area contributed by atoms with Crippen molar-refractivity contribution >= 4 is 16.9 Å². The van der Waals surface area contributed by atoms with Gasteiger partial charge in [0.05, 0.1) is 11.6 Å². The third-order valence-corrected chi connectivity index (χ3v) is 5.86. The van der Waals surface area contributed by atoms with Crippen LogP contribution in [0.3, 0.4) is 0 Å². The molecule has 0 unspecified atom stereocenters. The van der Waals surface area contributed by atoms with Gasteiger partial charge in [0.1, 0.15) is 24.5 Å².